The molecule has 0 atom stereocenters. The van der Waals surface area contributed by atoms with Gasteiger partial charge in [-0.25, -0.2) is 0 Å². The summed E-state index contributed by atoms with van der Waals surface area (Å²) in [6.45, 7) is 4.26. The van der Waals surface area contributed by atoms with E-state index in [0.717, 1.165) is 0 Å². The minimum absolute atomic E-state index is 1.25. The Morgan fingerprint density at radius 3 is 2.24 bits per heavy atom. The first-order valence-electron chi connectivity index (χ1n) is 5.72. The first kappa shape index (κ1) is 12.0. The molecular weight excluding hydrogens is 224 g/mol. The maximum absolute atomic E-state index is 2.21. The van der Waals surface area contributed by atoms with Gasteiger partial charge in [-0.2, -0.15) is 0 Å². The molecule has 0 bridgehead atoms. The SMILES string of the molecule is C/C(=C\c1ccccc1)Sc1ccc(C)cc1. The second-order valence-electron chi connectivity index (χ2n) is 4.08. The highest BCUT2D eigenvalue weighted by molar-refractivity contribution is 8.03. The molecule has 0 aliphatic heterocycles. The number of benzene rings is 2. The molecular formula is C16H16S. The second kappa shape index (κ2) is 5.74. The normalized spacial score (nSPS) is 11.5. The fraction of sp³-hybridized carbons (Fsp3) is 0.125. The highest BCUT2D eigenvalue weighted by Gasteiger charge is 1.96. The third-order valence-electron chi connectivity index (χ3n) is 2.47. The van der Waals surface area contributed by atoms with Gasteiger partial charge in [0.05, 0.1) is 0 Å². The largest absolute Gasteiger partial charge is 0.0948 e. The van der Waals surface area contributed by atoms with Crippen molar-refractivity contribution in [1.29, 1.82) is 0 Å². The average molecular weight is 240 g/mol. The van der Waals surface area contributed by atoms with Crippen LogP contribution in [-0.2, 0) is 0 Å². The summed E-state index contributed by atoms with van der Waals surface area (Å²) in [5, 5.41) is 0. The third kappa shape index (κ3) is 3.79. The van der Waals surface area contributed by atoms with E-state index in [2.05, 4.69) is 68.5 Å². The Labute approximate surface area is 107 Å². The molecule has 1 heteroatoms. The van der Waals surface area contributed by atoms with Crippen molar-refractivity contribution in [2.75, 3.05) is 0 Å². The van der Waals surface area contributed by atoms with Crippen LogP contribution in [0.5, 0.6) is 0 Å². The molecule has 2 rings (SSSR count). The van der Waals surface area contributed by atoms with Gasteiger partial charge in [0.1, 0.15) is 0 Å². The summed E-state index contributed by atoms with van der Waals surface area (Å²) in [6.07, 6.45) is 2.21. The summed E-state index contributed by atoms with van der Waals surface area (Å²) in [5.74, 6) is 0. The number of rotatable bonds is 3. The Kier molecular flexibility index (Phi) is 4.05. The molecule has 0 nitrogen and oxygen atoms in total. The topological polar surface area (TPSA) is 0 Å². The van der Waals surface area contributed by atoms with Gasteiger partial charge in [-0.05, 0) is 42.5 Å². The van der Waals surface area contributed by atoms with Gasteiger partial charge in [0.15, 0.2) is 0 Å². The van der Waals surface area contributed by atoms with Gasteiger partial charge in [0, 0.05) is 4.90 Å². The quantitative estimate of drug-likeness (QED) is 0.669. The van der Waals surface area contributed by atoms with Crippen molar-refractivity contribution < 1.29 is 0 Å². The van der Waals surface area contributed by atoms with E-state index < -0.39 is 0 Å². The van der Waals surface area contributed by atoms with Crippen LogP contribution in [0.15, 0.2) is 64.4 Å². The standard InChI is InChI=1S/C16H16S/c1-13-8-10-16(11-9-13)17-14(2)12-15-6-4-3-5-7-15/h3-12H,1-2H3/b14-12+. The molecule has 0 unspecified atom stereocenters. The van der Waals surface area contributed by atoms with Crippen molar-refractivity contribution in [2.24, 2.45) is 0 Å². The molecule has 86 valence electrons. The van der Waals surface area contributed by atoms with Crippen LogP contribution in [0, 0.1) is 6.92 Å². The van der Waals surface area contributed by atoms with Crippen LogP contribution >= 0.6 is 11.8 Å². The first-order valence-corrected chi connectivity index (χ1v) is 6.53. The van der Waals surface area contributed by atoms with Crippen LogP contribution in [0.1, 0.15) is 18.1 Å². The van der Waals surface area contributed by atoms with Gasteiger partial charge in [-0.1, -0.05) is 59.8 Å². The number of hydrogen-bond donors (Lipinski definition) is 0. The molecule has 2 aromatic carbocycles. The van der Waals surface area contributed by atoms with Crippen LogP contribution in [0.25, 0.3) is 6.08 Å². The molecule has 0 amide bonds. The summed E-state index contributed by atoms with van der Waals surface area (Å²) in [4.78, 5) is 2.60. The molecule has 0 saturated heterocycles. The number of allylic oxidation sites excluding steroid dienone is 1. The van der Waals surface area contributed by atoms with Crippen LogP contribution in [0.4, 0.5) is 0 Å². The molecule has 0 aromatic heterocycles. The lowest BCUT2D eigenvalue weighted by atomic mass is 10.2. The fourth-order valence-corrected chi connectivity index (χ4v) is 2.44. The lowest BCUT2D eigenvalue weighted by molar-refractivity contribution is 1.38. The zero-order chi connectivity index (χ0) is 12.1. The number of aryl methyl sites for hydroxylation is 1. The van der Waals surface area contributed by atoms with Crippen molar-refractivity contribution in [3.05, 3.63) is 70.6 Å². The monoisotopic (exact) mass is 240 g/mol. The fourth-order valence-electron chi connectivity index (χ4n) is 1.61. The van der Waals surface area contributed by atoms with E-state index in [0.29, 0.717) is 0 Å². The lowest BCUT2D eigenvalue weighted by Gasteiger charge is -2.02. The zero-order valence-electron chi connectivity index (χ0n) is 10.2. The minimum Gasteiger partial charge on any atom is -0.0948 e. The van der Waals surface area contributed by atoms with E-state index in [4.69, 9.17) is 0 Å². The summed E-state index contributed by atoms with van der Waals surface area (Å²) >= 11 is 1.81. The molecule has 0 aliphatic rings. The third-order valence-corrected chi connectivity index (χ3v) is 3.42. The maximum atomic E-state index is 2.21. The van der Waals surface area contributed by atoms with Gasteiger partial charge in [-0.15, -0.1) is 0 Å². The van der Waals surface area contributed by atoms with Gasteiger partial charge < -0.3 is 0 Å². The zero-order valence-corrected chi connectivity index (χ0v) is 11.0. The highest BCUT2D eigenvalue weighted by atomic mass is 32.2. The van der Waals surface area contributed by atoms with Gasteiger partial charge in [-0.3, -0.25) is 0 Å². The Morgan fingerprint density at radius 2 is 1.59 bits per heavy atom. The average Bonchev–Trinajstić information content (AvgIpc) is 2.33. The predicted octanol–water partition coefficient (Wildman–Crippen LogP) is 5.15. The smallest absolute Gasteiger partial charge is 0.0119 e. The van der Waals surface area contributed by atoms with E-state index in [-0.39, 0.29) is 0 Å². The van der Waals surface area contributed by atoms with Gasteiger partial charge in [0.25, 0.3) is 0 Å². The van der Waals surface area contributed by atoms with Crippen molar-refractivity contribution in [3.8, 4) is 0 Å². The summed E-state index contributed by atoms with van der Waals surface area (Å²) in [7, 11) is 0. The summed E-state index contributed by atoms with van der Waals surface area (Å²) in [6, 6.07) is 19.1. The maximum Gasteiger partial charge on any atom is 0.0119 e. The predicted molar refractivity (Wildman–Crippen MR) is 77.1 cm³/mol. The molecule has 0 heterocycles. The van der Waals surface area contributed by atoms with E-state index in [9.17, 15) is 0 Å². The first-order chi connectivity index (χ1) is 8.24. The van der Waals surface area contributed by atoms with E-state index >= 15 is 0 Å². The molecule has 0 N–H and O–H groups in total. The van der Waals surface area contributed by atoms with Gasteiger partial charge >= 0.3 is 0 Å². The van der Waals surface area contributed by atoms with Crippen molar-refractivity contribution >= 4 is 17.8 Å². The Balaban J connectivity index is 2.09. The van der Waals surface area contributed by atoms with Crippen LogP contribution < -0.4 is 0 Å². The highest BCUT2D eigenvalue weighted by Crippen LogP contribution is 2.27. The summed E-state index contributed by atoms with van der Waals surface area (Å²) in [5.41, 5.74) is 2.56. The number of hydrogen-bond acceptors (Lipinski definition) is 1. The molecule has 0 aliphatic carbocycles. The lowest BCUT2D eigenvalue weighted by Crippen LogP contribution is -1.75. The molecule has 17 heavy (non-hydrogen) atoms. The second-order valence-corrected chi connectivity index (χ2v) is 5.40. The molecule has 0 radical (unpaired) electrons. The molecule has 2 aromatic rings. The Morgan fingerprint density at radius 1 is 0.941 bits per heavy atom. The van der Waals surface area contributed by atoms with E-state index in [1.807, 2.05) is 17.8 Å². The van der Waals surface area contributed by atoms with Crippen molar-refractivity contribution in [3.63, 3.8) is 0 Å². The van der Waals surface area contributed by atoms with Crippen LogP contribution in [0.2, 0.25) is 0 Å². The van der Waals surface area contributed by atoms with Gasteiger partial charge in [0.2, 0.25) is 0 Å². The molecule has 0 spiro atoms. The summed E-state index contributed by atoms with van der Waals surface area (Å²) < 4.78 is 0. The molecule has 0 saturated carbocycles. The molecule has 0 fully saturated rings. The Hall–Kier alpha value is -1.47. The van der Waals surface area contributed by atoms with Crippen LogP contribution in [-0.4, -0.2) is 0 Å². The Bertz CT molecular complexity index is 495. The van der Waals surface area contributed by atoms with E-state index in [1.54, 1.807) is 0 Å². The number of thioether (sulfide) groups is 1. The van der Waals surface area contributed by atoms with Crippen molar-refractivity contribution in [2.45, 2.75) is 18.7 Å². The van der Waals surface area contributed by atoms with E-state index in [1.165, 1.54) is 20.9 Å². The van der Waals surface area contributed by atoms with Crippen molar-refractivity contribution in [1.82, 2.24) is 0 Å². The van der Waals surface area contributed by atoms with Crippen LogP contribution in [0.3, 0.4) is 0 Å². The minimum atomic E-state index is 1.25.